The van der Waals surface area contributed by atoms with Crippen LogP contribution in [0.15, 0.2) is 4.99 Å². The summed E-state index contributed by atoms with van der Waals surface area (Å²) in [7, 11) is 1.71. The van der Waals surface area contributed by atoms with E-state index < -0.39 is 5.60 Å². The fraction of sp³-hybridized carbons (Fsp3) is 0.882. The molecule has 2 rings (SSSR count). The maximum Gasteiger partial charge on any atom is 0.325 e. The molecule has 140 valence electrons. The Labute approximate surface area is 162 Å². The Morgan fingerprint density at radius 1 is 1.38 bits per heavy atom. The van der Waals surface area contributed by atoms with Gasteiger partial charge in [-0.3, -0.25) is 9.79 Å². The lowest BCUT2D eigenvalue weighted by atomic mass is 9.55. The number of nitrogens with one attached hydrogen (secondary N) is 2. The fourth-order valence-electron chi connectivity index (χ4n) is 3.69. The third-order valence-corrected chi connectivity index (χ3v) is 4.67. The second kappa shape index (κ2) is 8.21. The molecular weight excluding hydrogens is 421 g/mol. The first-order chi connectivity index (χ1) is 10.6. The van der Waals surface area contributed by atoms with E-state index >= 15 is 0 Å². The van der Waals surface area contributed by atoms with Crippen LogP contribution in [0.5, 0.6) is 0 Å². The number of aliphatic imine (C=N–C) groups is 1. The Kier molecular flexibility index (Phi) is 7.34. The lowest BCUT2D eigenvalue weighted by molar-refractivity contribution is -0.188. The number of fused-ring (bicyclic) bond motifs is 1. The smallest absolute Gasteiger partial charge is 0.325 e. The predicted octanol–water partition coefficient (Wildman–Crippen LogP) is 2.31. The summed E-state index contributed by atoms with van der Waals surface area (Å²) >= 11 is 0. The topological polar surface area (TPSA) is 72.0 Å². The molecule has 0 amide bonds. The molecule has 7 heteroatoms. The van der Waals surface area contributed by atoms with Crippen LogP contribution in [-0.4, -0.2) is 49.9 Å². The maximum atomic E-state index is 11.8. The molecule has 3 unspecified atom stereocenters. The van der Waals surface area contributed by atoms with Crippen molar-refractivity contribution in [2.75, 3.05) is 20.2 Å². The highest BCUT2D eigenvalue weighted by Crippen LogP contribution is 2.51. The normalized spacial score (nSPS) is 28.8. The first kappa shape index (κ1) is 21.5. The Morgan fingerprint density at radius 2 is 2.04 bits per heavy atom. The number of esters is 1. The molecule has 0 spiro atoms. The average Bonchev–Trinajstić information content (AvgIpc) is 2.45. The molecule has 1 heterocycles. The summed E-state index contributed by atoms with van der Waals surface area (Å²) < 4.78 is 11.2. The molecule has 0 aromatic heterocycles. The summed E-state index contributed by atoms with van der Waals surface area (Å²) in [6.07, 6.45) is 2.60. The third kappa shape index (κ3) is 4.97. The molecule has 2 N–H and O–H groups in total. The van der Waals surface area contributed by atoms with Gasteiger partial charge in [-0.1, -0.05) is 13.8 Å². The van der Waals surface area contributed by atoms with E-state index in [0.29, 0.717) is 24.0 Å². The molecule has 0 aromatic carbocycles. The first-order valence-electron chi connectivity index (χ1n) is 8.46. The summed E-state index contributed by atoms with van der Waals surface area (Å²) in [5.74, 6) is 0.865. The zero-order chi connectivity index (χ0) is 17.3. The summed E-state index contributed by atoms with van der Waals surface area (Å²) in [5, 5.41) is 6.51. The van der Waals surface area contributed by atoms with E-state index in [0.717, 1.165) is 13.0 Å². The van der Waals surface area contributed by atoms with Gasteiger partial charge in [-0.2, -0.15) is 0 Å². The van der Waals surface area contributed by atoms with E-state index in [1.165, 1.54) is 6.42 Å². The van der Waals surface area contributed by atoms with Crippen molar-refractivity contribution < 1.29 is 14.3 Å². The van der Waals surface area contributed by atoms with Crippen molar-refractivity contribution in [2.45, 2.75) is 65.2 Å². The van der Waals surface area contributed by atoms with E-state index in [1.807, 2.05) is 20.8 Å². The van der Waals surface area contributed by atoms with Crippen molar-refractivity contribution in [3.63, 3.8) is 0 Å². The van der Waals surface area contributed by atoms with Crippen molar-refractivity contribution in [1.82, 2.24) is 10.6 Å². The highest BCUT2D eigenvalue weighted by Gasteiger charge is 2.58. The zero-order valence-corrected chi connectivity index (χ0v) is 18.0. The summed E-state index contributed by atoms with van der Waals surface area (Å²) in [6, 6.07) is 0.303. The van der Waals surface area contributed by atoms with Gasteiger partial charge in [-0.05, 0) is 33.6 Å². The van der Waals surface area contributed by atoms with Crippen LogP contribution in [0.25, 0.3) is 0 Å². The molecule has 1 saturated heterocycles. The number of ether oxygens (including phenoxy) is 2. The van der Waals surface area contributed by atoms with Gasteiger partial charge in [0.25, 0.3) is 0 Å². The molecule has 0 aromatic rings. The van der Waals surface area contributed by atoms with Crippen LogP contribution in [0.1, 0.15) is 47.5 Å². The van der Waals surface area contributed by atoms with E-state index in [-0.39, 0.29) is 41.9 Å². The quantitative estimate of drug-likeness (QED) is 0.297. The standard InChI is InChI=1S/C17H31N3O3.HI/c1-16(2,3)23-12(21)10-19-15(18-6)20-13-11-8-7-9-22-14(11)17(13,4)5;/h11,13-14H,7-10H2,1-6H3,(H2,18,19,20);1H. The Bertz CT molecular complexity index is 474. The second-order valence-corrected chi connectivity index (χ2v) is 8.05. The second-order valence-electron chi connectivity index (χ2n) is 8.05. The molecule has 3 atom stereocenters. The van der Waals surface area contributed by atoms with Crippen LogP contribution in [0.2, 0.25) is 0 Å². The molecule has 0 radical (unpaired) electrons. The highest BCUT2D eigenvalue weighted by molar-refractivity contribution is 14.0. The summed E-state index contributed by atoms with van der Waals surface area (Å²) in [4.78, 5) is 16.0. The first-order valence-corrected chi connectivity index (χ1v) is 8.46. The van der Waals surface area contributed by atoms with Gasteiger partial charge >= 0.3 is 5.97 Å². The SMILES string of the molecule is CN=C(NCC(=O)OC(C)(C)C)NC1C2CCCOC2C1(C)C.I. The number of hydrogen-bond donors (Lipinski definition) is 2. The predicted molar refractivity (Wildman–Crippen MR) is 106 cm³/mol. The van der Waals surface area contributed by atoms with Crippen molar-refractivity contribution in [3.8, 4) is 0 Å². The molecule has 1 aliphatic carbocycles. The van der Waals surface area contributed by atoms with E-state index in [4.69, 9.17) is 9.47 Å². The van der Waals surface area contributed by atoms with Gasteiger partial charge in [0, 0.05) is 31.0 Å². The molecule has 1 saturated carbocycles. The molecule has 2 aliphatic rings. The van der Waals surface area contributed by atoms with Crippen LogP contribution < -0.4 is 10.6 Å². The fourth-order valence-corrected chi connectivity index (χ4v) is 3.69. The van der Waals surface area contributed by atoms with Crippen LogP contribution >= 0.6 is 24.0 Å². The van der Waals surface area contributed by atoms with Gasteiger partial charge in [0.15, 0.2) is 5.96 Å². The minimum Gasteiger partial charge on any atom is -0.459 e. The van der Waals surface area contributed by atoms with E-state index in [2.05, 4.69) is 29.5 Å². The van der Waals surface area contributed by atoms with E-state index in [1.54, 1.807) is 7.05 Å². The number of halogens is 1. The Balaban J connectivity index is 0.00000288. The Morgan fingerprint density at radius 3 is 2.62 bits per heavy atom. The highest BCUT2D eigenvalue weighted by atomic mass is 127. The van der Waals surface area contributed by atoms with Crippen molar-refractivity contribution in [1.29, 1.82) is 0 Å². The molecule has 0 bridgehead atoms. The van der Waals surface area contributed by atoms with Crippen LogP contribution in [-0.2, 0) is 14.3 Å². The van der Waals surface area contributed by atoms with Crippen molar-refractivity contribution >= 4 is 35.9 Å². The minimum absolute atomic E-state index is 0. The number of rotatable bonds is 3. The molecule has 24 heavy (non-hydrogen) atoms. The van der Waals surface area contributed by atoms with E-state index in [9.17, 15) is 4.79 Å². The lowest BCUT2D eigenvalue weighted by Gasteiger charge is -2.60. The largest absolute Gasteiger partial charge is 0.459 e. The third-order valence-electron chi connectivity index (χ3n) is 4.67. The maximum absolute atomic E-state index is 11.8. The van der Waals surface area contributed by atoms with Gasteiger partial charge in [0.05, 0.1) is 6.10 Å². The zero-order valence-electron chi connectivity index (χ0n) is 15.6. The number of carbonyl (C=O) groups is 1. The van der Waals surface area contributed by atoms with Gasteiger partial charge in [0.1, 0.15) is 12.1 Å². The van der Waals surface area contributed by atoms with Gasteiger partial charge in [-0.15, -0.1) is 24.0 Å². The van der Waals surface area contributed by atoms with Crippen molar-refractivity contribution in [2.24, 2.45) is 16.3 Å². The lowest BCUT2D eigenvalue weighted by Crippen LogP contribution is -2.71. The van der Waals surface area contributed by atoms with Gasteiger partial charge < -0.3 is 20.1 Å². The van der Waals surface area contributed by atoms with Gasteiger partial charge in [-0.25, -0.2) is 0 Å². The summed E-state index contributed by atoms with van der Waals surface area (Å²) in [6.45, 7) is 11.0. The monoisotopic (exact) mass is 453 g/mol. The Hall–Kier alpha value is -0.570. The van der Waals surface area contributed by atoms with Crippen LogP contribution in [0, 0.1) is 11.3 Å². The number of carbonyl (C=O) groups excluding carboxylic acids is 1. The number of nitrogens with zero attached hydrogens (tertiary/aromatic N) is 1. The van der Waals surface area contributed by atoms with Crippen molar-refractivity contribution in [3.05, 3.63) is 0 Å². The minimum atomic E-state index is -0.474. The molecule has 2 fully saturated rings. The van der Waals surface area contributed by atoms with Crippen LogP contribution in [0.3, 0.4) is 0 Å². The number of hydrogen-bond acceptors (Lipinski definition) is 4. The average molecular weight is 453 g/mol. The molecule has 1 aliphatic heterocycles. The number of guanidine groups is 1. The van der Waals surface area contributed by atoms with Crippen LogP contribution in [0.4, 0.5) is 0 Å². The van der Waals surface area contributed by atoms with Gasteiger partial charge in [0.2, 0.25) is 0 Å². The molecule has 6 nitrogen and oxygen atoms in total. The summed E-state index contributed by atoms with van der Waals surface area (Å²) in [5.41, 5.74) is -0.410. The molecular formula is C17H32IN3O3.